The predicted octanol–water partition coefficient (Wildman–Crippen LogP) is 3.62. The first-order chi connectivity index (χ1) is 15.4. The summed E-state index contributed by atoms with van der Waals surface area (Å²) in [7, 11) is 6.27. The number of carbonyl (C=O) groups is 2. The number of carbonyl (C=O) groups excluding carboxylic acids is 2. The number of Topliss-reactive ketones (excluding diaryl/α,β-unsaturated/α-hetero) is 1. The Labute approximate surface area is 187 Å². The lowest BCUT2D eigenvalue weighted by Crippen LogP contribution is -2.40. The van der Waals surface area contributed by atoms with Crippen LogP contribution in [0, 0.1) is 0 Å². The lowest BCUT2D eigenvalue weighted by Gasteiger charge is -2.29. The van der Waals surface area contributed by atoms with Crippen LogP contribution in [-0.2, 0) is 9.59 Å². The molecule has 2 aromatic carbocycles. The lowest BCUT2D eigenvalue weighted by molar-refractivity contribution is -0.129. The van der Waals surface area contributed by atoms with E-state index < -0.39 is 0 Å². The molecule has 0 unspecified atom stereocenters. The molecule has 0 N–H and O–H groups in total. The van der Waals surface area contributed by atoms with Gasteiger partial charge in [0.15, 0.2) is 5.78 Å². The summed E-state index contributed by atoms with van der Waals surface area (Å²) in [6.07, 6.45) is 3.52. The minimum Gasteiger partial charge on any atom is -0.497 e. The quantitative estimate of drug-likeness (QED) is 0.643. The third-order valence-electron chi connectivity index (χ3n) is 5.29. The second-order valence-electron chi connectivity index (χ2n) is 7.26. The fourth-order valence-electron chi connectivity index (χ4n) is 3.51. The summed E-state index contributed by atoms with van der Waals surface area (Å²) in [5, 5.41) is 0. The van der Waals surface area contributed by atoms with Crippen LogP contribution < -0.4 is 18.9 Å². The summed E-state index contributed by atoms with van der Waals surface area (Å²) in [5.41, 5.74) is 2.44. The molecule has 0 atom stereocenters. The first kappa shape index (κ1) is 22.9. The summed E-state index contributed by atoms with van der Waals surface area (Å²) in [6.45, 7) is 1.94. The number of methoxy groups -OCH3 is 4. The Morgan fingerprint density at radius 2 is 1.22 bits per heavy atom. The maximum atomic E-state index is 13.3. The largest absolute Gasteiger partial charge is 0.497 e. The van der Waals surface area contributed by atoms with Crippen LogP contribution in [0.4, 0.5) is 0 Å². The van der Waals surface area contributed by atoms with E-state index in [0.717, 1.165) is 11.1 Å². The van der Waals surface area contributed by atoms with Gasteiger partial charge in [-0.05, 0) is 36.4 Å². The molecule has 7 nitrogen and oxygen atoms in total. The number of nitrogens with zero attached hydrogens (tertiary/aromatic N) is 1. The molecule has 1 aliphatic rings. The average Bonchev–Trinajstić information content (AvgIpc) is 2.81. The van der Waals surface area contributed by atoms with Crippen molar-refractivity contribution in [1.29, 1.82) is 0 Å². The van der Waals surface area contributed by atoms with E-state index in [1.165, 1.54) is 6.92 Å². The number of amides is 1. The number of rotatable bonds is 6. The van der Waals surface area contributed by atoms with Crippen molar-refractivity contribution in [1.82, 2.24) is 4.90 Å². The Morgan fingerprint density at radius 1 is 0.781 bits per heavy atom. The maximum Gasteiger partial charge on any atom is 0.220 e. The fraction of sp³-hybridized carbons (Fsp3) is 0.280. The van der Waals surface area contributed by atoms with Gasteiger partial charge >= 0.3 is 0 Å². The molecule has 2 aromatic rings. The van der Waals surface area contributed by atoms with Crippen molar-refractivity contribution in [2.45, 2.75) is 6.92 Å². The van der Waals surface area contributed by atoms with Crippen molar-refractivity contribution in [3.63, 3.8) is 0 Å². The molecule has 1 aliphatic heterocycles. The number of hydrogen-bond acceptors (Lipinski definition) is 6. The molecule has 0 saturated carbocycles. The summed E-state index contributed by atoms with van der Waals surface area (Å²) < 4.78 is 21.4. The van der Waals surface area contributed by atoms with E-state index in [1.54, 1.807) is 69.8 Å². The average molecular weight is 437 g/mol. The van der Waals surface area contributed by atoms with Gasteiger partial charge in [-0.25, -0.2) is 0 Å². The van der Waals surface area contributed by atoms with Crippen LogP contribution in [-0.4, -0.2) is 58.1 Å². The Balaban J connectivity index is 2.05. The molecule has 0 radical (unpaired) electrons. The van der Waals surface area contributed by atoms with Crippen LogP contribution in [0.1, 0.15) is 18.1 Å². The van der Waals surface area contributed by atoms with Gasteiger partial charge in [-0.15, -0.1) is 0 Å². The lowest BCUT2D eigenvalue weighted by atomic mass is 9.93. The molecule has 0 aliphatic carbocycles. The third-order valence-corrected chi connectivity index (χ3v) is 5.29. The molecule has 0 spiro atoms. The normalized spacial score (nSPS) is 16.3. The predicted molar refractivity (Wildman–Crippen MR) is 122 cm³/mol. The zero-order chi connectivity index (χ0) is 23.3. The second kappa shape index (κ2) is 10.0. The monoisotopic (exact) mass is 437 g/mol. The third kappa shape index (κ3) is 4.94. The Hall–Kier alpha value is -3.74. The van der Waals surface area contributed by atoms with Crippen LogP contribution in [0.5, 0.6) is 23.0 Å². The van der Waals surface area contributed by atoms with Crippen molar-refractivity contribution >= 4 is 23.8 Å². The highest BCUT2D eigenvalue weighted by molar-refractivity contribution is 6.15. The Morgan fingerprint density at radius 3 is 1.56 bits per heavy atom. The fourth-order valence-corrected chi connectivity index (χ4v) is 3.51. The van der Waals surface area contributed by atoms with Crippen molar-refractivity contribution in [2.24, 2.45) is 0 Å². The van der Waals surface area contributed by atoms with Crippen molar-refractivity contribution in [3.05, 3.63) is 58.7 Å². The number of ketones is 1. The molecule has 0 bridgehead atoms. The Bertz CT molecular complexity index is 1010. The molecule has 7 heteroatoms. The van der Waals surface area contributed by atoms with Crippen LogP contribution >= 0.6 is 0 Å². The van der Waals surface area contributed by atoms with E-state index in [0.29, 0.717) is 34.1 Å². The minimum absolute atomic E-state index is 0.113. The van der Waals surface area contributed by atoms with Crippen LogP contribution in [0.2, 0.25) is 0 Å². The van der Waals surface area contributed by atoms with E-state index in [9.17, 15) is 9.59 Å². The minimum atomic E-state index is -0.127. The van der Waals surface area contributed by atoms with Gasteiger partial charge in [0, 0.05) is 54.4 Å². The first-order valence-electron chi connectivity index (χ1n) is 10.1. The highest BCUT2D eigenvalue weighted by atomic mass is 16.5. The van der Waals surface area contributed by atoms with E-state index >= 15 is 0 Å². The van der Waals surface area contributed by atoms with Crippen LogP contribution in [0.3, 0.4) is 0 Å². The van der Waals surface area contributed by atoms with Gasteiger partial charge in [-0.3, -0.25) is 9.59 Å². The van der Waals surface area contributed by atoms with E-state index in [4.69, 9.17) is 18.9 Å². The number of piperidine rings is 1. The summed E-state index contributed by atoms with van der Waals surface area (Å²) in [5.74, 6) is 2.21. The molecule has 0 aromatic heterocycles. The first-order valence-corrected chi connectivity index (χ1v) is 10.1. The topological polar surface area (TPSA) is 74.3 Å². The molecule has 3 rings (SSSR count). The van der Waals surface area contributed by atoms with Gasteiger partial charge < -0.3 is 23.8 Å². The molecule has 32 heavy (non-hydrogen) atoms. The molecule has 168 valence electrons. The second-order valence-corrected chi connectivity index (χ2v) is 7.26. The van der Waals surface area contributed by atoms with Crippen LogP contribution in [0.15, 0.2) is 47.5 Å². The maximum absolute atomic E-state index is 13.3. The highest BCUT2D eigenvalue weighted by Gasteiger charge is 2.28. The van der Waals surface area contributed by atoms with E-state index in [2.05, 4.69) is 0 Å². The van der Waals surface area contributed by atoms with Gasteiger partial charge in [0.25, 0.3) is 0 Å². The van der Waals surface area contributed by atoms with E-state index in [-0.39, 0.29) is 24.8 Å². The molecular formula is C25H27NO6. The molecule has 1 amide bonds. The molecule has 1 heterocycles. The molecular weight excluding hydrogens is 410 g/mol. The smallest absolute Gasteiger partial charge is 0.220 e. The van der Waals surface area contributed by atoms with Crippen LogP contribution in [0.25, 0.3) is 12.2 Å². The highest BCUT2D eigenvalue weighted by Crippen LogP contribution is 2.31. The summed E-state index contributed by atoms with van der Waals surface area (Å²) in [4.78, 5) is 27.2. The van der Waals surface area contributed by atoms with Gasteiger partial charge in [0.2, 0.25) is 5.91 Å². The number of ether oxygens (including phenoxy) is 4. The van der Waals surface area contributed by atoms with Gasteiger partial charge in [-0.1, -0.05) is 0 Å². The molecule has 1 fully saturated rings. The standard InChI is InChI=1S/C25H27NO6/c1-16(27)26-14-19(10-17-6-8-21(29-2)12-23(17)31-4)25(28)20(15-26)11-18-7-9-22(30-3)13-24(18)32-5/h6-13H,14-15H2,1-5H3/b19-10+,20-11+. The van der Waals surface area contributed by atoms with Gasteiger partial charge in [0.05, 0.1) is 28.4 Å². The summed E-state index contributed by atoms with van der Waals surface area (Å²) in [6, 6.07) is 10.7. The number of likely N-dealkylation sites (tertiary alicyclic amines) is 1. The SMILES string of the molecule is COc1ccc(/C=C2\CN(C(C)=O)C/C(=C\c3ccc(OC)cc3OC)C2=O)c(OC)c1. The van der Waals surface area contributed by atoms with Crippen molar-refractivity contribution in [2.75, 3.05) is 41.5 Å². The summed E-state index contributed by atoms with van der Waals surface area (Å²) >= 11 is 0. The number of hydrogen-bond donors (Lipinski definition) is 0. The number of benzene rings is 2. The van der Waals surface area contributed by atoms with E-state index in [1.807, 2.05) is 12.1 Å². The van der Waals surface area contributed by atoms with Gasteiger partial charge in [0.1, 0.15) is 23.0 Å². The zero-order valence-electron chi connectivity index (χ0n) is 18.9. The van der Waals surface area contributed by atoms with Gasteiger partial charge in [-0.2, -0.15) is 0 Å². The molecule has 1 saturated heterocycles. The van der Waals surface area contributed by atoms with Crippen molar-refractivity contribution < 1.29 is 28.5 Å². The zero-order valence-corrected chi connectivity index (χ0v) is 18.9. The Kier molecular flexibility index (Phi) is 7.20. The van der Waals surface area contributed by atoms with Crippen molar-refractivity contribution in [3.8, 4) is 23.0 Å².